The molecule has 0 saturated heterocycles. The van der Waals surface area contributed by atoms with Crippen LogP contribution >= 0.6 is 0 Å². The molecule has 1 atom stereocenters. The van der Waals surface area contributed by atoms with Crippen molar-refractivity contribution < 1.29 is 9.59 Å². The van der Waals surface area contributed by atoms with Crippen LogP contribution in [0, 0.1) is 0 Å². The number of carbonyl (C=O) groups is 2. The second-order valence-corrected chi connectivity index (χ2v) is 6.80. The van der Waals surface area contributed by atoms with E-state index < -0.39 is 0 Å². The van der Waals surface area contributed by atoms with Crippen LogP contribution in [0.1, 0.15) is 39.6 Å². The van der Waals surface area contributed by atoms with Crippen molar-refractivity contribution >= 4 is 17.5 Å². The average Bonchev–Trinajstić information content (AvgIpc) is 2.74. The van der Waals surface area contributed by atoms with Crippen LogP contribution in [0.25, 0.3) is 0 Å². The Kier molecular flexibility index (Phi) is 6.58. The van der Waals surface area contributed by atoms with Crippen LogP contribution in [0.2, 0.25) is 0 Å². The predicted octanol–water partition coefficient (Wildman–Crippen LogP) is 4.69. The van der Waals surface area contributed by atoms with Gasteiger partial charge in [-0.2, -0.15) is 0 Å². The molecule has 0 bridgehead atoms. The lowest BCUT2D eigenvalue weighted by Crippen LogP contribution is -2.32. The van der Waals surface area contributed by atoms with Gasteiger partial charge in [0, 0.05) is 22.9 Å². The quantitative estimate of drug-likeness (QED) is 0.632. The summed E-state index contributed by atoms with van der Waals surface area (Å²) in [7, 11) is 0. The molecule has 3 rings (SSSR count). The van der Waals surface area contributed by atoms with Crippen molar-refractivity contribution in [3.8, 4) is 0 Å². The van der Waals surface area contributed by atoms with E-state index in [9.17, 15) is 9.59 Å². The van der Waals surface area contributed by atoms with Gasteiger partial charge < -0.3 is 10.6 Å². The number of hydrogen-bond donors (Lipinski definition) is 2. The monoisotopic (exact) mass is 372 g/mol. The predicted molar refractivity (Wildman–Crippen MR) is 113 cm³/mol. The topological polar surface area (TPSA) is 58.2 Å². The first-order valence-electron chi connectivity index (χ1n) is 9.43. The van der Waals surface area contributed by atoms with Crippen molar-refractivity contribution in [2.75, 3.05) is 5.32 Å². The van der Waals surface area contributed by atoms with E-state index in [1.54, 1.807) is 36.4 Å². The molecule has 0 fully saturated rings. The van der Waals surface area contributed by atoms with Crippen molar-refractivity contribution in [2.24, 2.45) is 0 Å². The van der Waals surface area contributed by atoms with Gasteiger partial charge in [0.2, 0.25) is 0 Å². The molecule has 0 heterocycles. The highest BCUT2D eigenvalue weighted by Gasteiger charge is 2.12. The second kappa shape index (κ2) is 9.51. The number of amides is 2. The first-order chi connectivity index (χ1) is 13.6. The number of nitrogens with one attached hydrogen (secondary N) is 2. The molecule has 0 spiro atoms. The van der Waals surface area contributed by atoms with Crippen LogP contribution in [0.3, 0.4) is 0 Å². The summed E-state index contributed by atoms with van der Waals surface area (Å²) in [5.74, 6) is -0.342. The molecule has 0 saturated carbocycles. The number of carbonyl (C=O) groups excluding carboxylic acids is 2. The second-order valence-electron chi connectivity index (χ2n) is 6.80. The van der Waals surface area contributed by atoms with E-state index in [0.717, 1.165) is 12.8 Å². The number of anilines is 1. The maximum absolute atomic E-state index is 12.6. The van der Waals surface area contributed by atoms with Gasteiger partial charge in [-0.15, -0.1) is 0 Å². The summed E-state index contributed by atoms with van der Waals surface area (Å²) in [4.78, 5) is 24.8. The molecule has 2 N–H and O–H groups in total. The maximum Gasteiger partial charge on any atom is 0.255 e. The molecular formula is C24H24N2O2. The number of hydrogen-bond acceptors (Lipinski definition) is 2. The molecule has 4 heteroatoms. The highest BCUT2D eigenvalue weighted by molar-refractivity contribution is 6.05. The van der Waals surface area contributed by atoms with E-state index in [2.05, 4.69) is 22.8 Å². The molecule has 142 valence electrons. The van der Waals surface area contributed by atoms with Crippen molar-refractivity contribution in [2.45, 2.75) is 25.8 Å². The van der Waals surface area contributed by atoms with Crippen LogP contribution in [0.5, 0.6) is 0 Å². The van der Waals surface area contributed by atoms with Gasteiger partial charge in [-0.1, -0.05) is 54.6 Å². The summed E-state index contributed by atoms with van der Waals surface area (Å²) in [6.45, 7) is 2.00. The Balaban J connectivity index is 1.56. The van der Waals surface area contributed by atoms with Crippen LogP contribution in [-0.4, -0.2) is 17.9 Å². The Morgan fingerprint density at radius 2 is 1.43 bits per heavy atom. The molecular weight excluding hydrogens is 348 g/mol. The molecule has 3 aromatic rings. The lowest BCUT2D eigenvalue weighted by molar-refractivity contribution is 0.0937. The van der Waals surface area contributed by atoms with Gasteiger partial charge in [-0.05, 0) is 55.7 Å². The summed E-state index contributed by atoms with van der Waals surface area (Å²) < 4.78 is 0. The fraction of sp³-hybridized carbons (Fsp3) is 0.167. The molecule has 3 aromatic carbocycles. The molecule has 2 amide bonds. The zero-order valence-corrected chi connectivity index (χ0v) is 15.9. The molecule has 0 aromatic heterocycles. The van der Waals surface area contributed by atoms with Crippen molar-refractivity contribution in [3.63, 3.8) is 0 Å². The highest BCUT2D eigenvalue weighted by Crippen LogP contribution is 2.13. The number of benzene rings is 3. The Bertz CT molecular complexity index is 924. The minimum absolute atomic E-state index is 0.0512. The maximum atomic E-state index is 12.6. The third-order valence-corrected chi connectivity index (χ3v) is 4.50. The fourth-order valence-corrected chi connectivity index (χ4v) is 2.94. The van der Waals surface area contributed by atoms with Gasteiger partial charge in [0.1, 0.15) is 0 Å². The van der Waals surface area contributed by atoms with Crippen LogP contribution in [0.15, 0.2) is 84.9 Å². The normalized spacial score (nSPS) is 11.5. The first kappa shape index (κ1) is 19.4. The van der Waals surface area contributed by atoms with E-state index in [4.69, 9.17) is 0 Å². The largest absolute Gasteiger partial charge is 0.350 e. The highest BCUT2D eigenvalue weighted by atomic mass is 16.2. The Morgan fingerprint density at radius 3 is 2.14 bits per heavy atom. The van der Waals surface area contributed by atoms with Crippen LogP contribution < -0.4 is 10.6 Å². The first-order valence-corrected chi connectivity index (χ1v) is 9.43. The van der Waals surface area contributed by atoms with Crippen molar-refractivity contribution in [1.82, 2.24) is 5.32 Å². The Morgan fingerprint density at radius 1 is 0.786 bits per heavy atom. The smallest absolute Gasteiger partial charge is 0.255 e. The molecule has 0 radical (unpaired) electrons. The summed E-state index contributed by atoms with van der Waals surface area (Å²) in [6, 6.07) is 26.3. The summed E-state index contributed by atoms with van der Waals surface area (Å²) in [6.07, 6.45) is 1.77. The lowest BCUT2D eigenvalue weighted by atomic mass is 10.1. The summed E-state index contributed by atoms with van der Waals surface area (Å²) in [5, 5.41) is 5.86. The zero-order chi connectivity index (χ0) is 19.8. The van der Waals surface area contributed by atoms with Gasteiger partial charge in [0.15, 0.2) is 0 Å². The lowest BCUT2D eigenvalue weighted by Gasteiger charge is -2.14. The minimum Gasteiger partial charge on any atom is -0.350 e. The van der Waals surface area contributed by atoms with Gasteiger partial charge in [-0.25, -0.2) is 0 Å². The fourth-order valence-electron chi connectivity index (χ4n) is 2.94. The third kappa shape index (κ3) is 5.55. The van der Waals surface area contributed by atoms with Gasteiger partial charge in [0.05, 0.1) is 0 Å². The van der Waals surface area contributed by atoms with Gasteiger partial charge in [0.25, 0.3) is 11.8 Å². The van der Waals surface area contributed by atoms with E-state index in [1.165, 1.54) is 5.56 Å². The van der Waals surface area contributed by atoms with Gasteiger partial charge in [-0.3, -0.25) is 9.59 Å². The Labute approximate surface area is 165 Å². The molecule has 0 aliphatic carbocycles. The molecule has 4 nitrogen and oxygen atoms in total. The molecule has 28 heavy (non-hydrogen) atoms. The minimum atomic E-state index is -0.200. The van der Waals surface area contributed by atoms with Gasteiger partial charge >= 0.3 is 0 Å². The molecule has 0 unspecified atom stereocenters. The van der Waals surface area contributed by atoms with E-state index >= 15 is 0 Å². The van der Waals surface area contributed by atoms with Crippen LogP contribution in [0.4, 0.5) is 5.69 Å². The third-order valence-electron chi connectivity index (χ3n) is 4.50. The van der Waals surface area contributed by atoms with E-state index in [-0.39, 0.29) is 17.9 Å². The average molecular weight is 372 g/mol. The molecule has 0 aliphatic rings. The van der Waals surface area contributed by atoms with Crippen molar-refractivity contribution in [3.05, 3.63) is 102 Å². The van der Waals surface area contributed by atoms with E-state index in [1.807, 2.05) is 43.3 Å². The Hall–Kier alpha value is -3.40. The zero-order valence-electron chi connectivity index (χ0n) is 15.9. The summed E-state index contributed by atoms with van der Waals surface area (Å²) in [5.41, 5.74) is 2.96. The number of aryl methyl sites for hydroxylation is 1. The molecule has 0 aliphatic heterocycles. The standard InChI is InChI=1S/C24H24N2O2/c1-18(15-16-19-9-4-2-5-10-19)25-24(28)21-13-8-14-22(17-21)26-23(27)20-11-6-3-7-12-20/h2-14,17-18H,15-16H2,1H3,(H,25,28)(H,26,27)/t18-/m0/s1. The van der Waals surface area contributed by atoms with Crippen molar-refractivity contribution in [1.29, 1.82) is 0 Å². The van der Waals surface area contributed by atoms with Crippen LogP contribution in [-0.2, 0) is 6.42 Å². The van der Waals surface area contributed by atoms with E-state index in [0.29, 0.717) is 16.8 Å². The number of rotatable bonds is 7. The summed E-state index contributed by atoms with van der Waals surface area (Å²) >= 11 is 0. The SMILES string of the molecule is C[C@@H](CCc1ccccc1)NC(=O)c1cccc(NC(=O)c2ccccc2)c1.